The van der Waals surface area contributed by atoms with Gasteiger partial charge in [0.25, 0.3) is 0 Å². The second kappa shape index (κ2) is 9.16. The first-order valence-electron chi connectivity index (χ1n) is 9.57. The maximum atomic E-state index is 13.1. The summed E-state index contributed by atoms with van der Waals surface area (Å²) in [6, 6.07) is 2.03. The Balaban J connectivity index is 2.26. The summed E-state index contributed by atoms with van der Waals surface area (Å²) in [6.45, 7) is 2.06. The zero-order chi connectivity index (χ0) is 20.1. The minimum Gasteiger partial charge on any atom is -0.166 e. The van der Waals surface area contributed by atoms with E-state index in [1.807, 2.05) is 0 Å². The third-order valence-corrected chi connectivity index (χ3v) is 5.23. The molecule has 0 saturated heterocycles. The van der Waals surface area contributed by atoms with Crippen LogP contribution in [0.2, 0.25) is 0 Å². The molecule has 0 radical (unpaired) electrons. The van der Waals surface area contributed by atoms with E-state index in [4.69, 9.17) is 0 Å². The number of hydrogen-bond donors (Lipinski definition) is 0. The van der Waals surface area contributed by atoms with Gasteiger partial charge in [-0.25, -0.2) is 0 Å². The van der Waals surface area contributed by atoms with Gasteiger partial charge < -0.3 is 0 Å². The second-order valence-electron chi connectivity index (χ2n) is 7.35. The Morgan fingerprint density at radius 1 is 0.815 bits per heavy atom. The molecule has 0 aromatic heterocycles. The molecule has 0 nitrogen and oxygen atoms in total. The third-order valence-electron chi connectivity index (χ3n) is 5.23. The molecule has 1 fully saturated rings. The first-order chi connectivity index (χ1) is 12.6. The minimum absolute atomic E-state index is 0.166. The van der Waals surface area contributed by atoms with E-state index in [1.54, 1.807) is 0 Å². The van der Waals surface area contributed by atoms with Crippen LogP contribution in [0, 0.1) is 5.92 Å². The summed E-state index contributed by atoms with van der Waals surface area (Å²) in [5.41, 5.74) is -2.26. The predicted octanol–water partition coefficient (Wildman–Crippen LogP) is 8.13. The molecule has 1 saturated carbocycles. The lowest BCUT2D eigenvalue weighted by Crippen LogP contribution is -2.13. The van der Waals surface area contributed by atoms with E-state index in [2.05, 4.69) is 19.1 Å². The third kappa shape index (κ3) is 6.58. The number of benzene rings is 1. The van der Waals surface area contributed by atoms with E-state index in [0.717, 1.165) is 50.7 Å². The van der Waals surface area contributed by atoms with Crippen molar-refractivity contribution in [3.63, 3.8) is 0 Å². The van der Waals surface area contributed by atoms with Crippen LogP contribution in [-0.4, -0.2) is 0 Å². The lowest BCUT2D eigenvalue weighted by Gasteiger charge is -2.20. The molecule has 0 N–H and O–H groups in total. The van der Waals surface area contributed by atoms with Crippen molar-refractivity contribution in [3.05, 3.63) is 47.0 Å². The van der Waals surface area contributed by atoms with E-state index >= 15 is 0 Å². The number of alkyl halides is 6. The van der Waals surface area contributed by atoms with Gasteiger partial charge in [0, 0.05) is 0 Å². The molecule has 1 aliphatic carbocycles. The van der Waals surface area contributed by atoms with Crippen molar-refractivity contribution in [3.8, 4) is 0 Å². The molecule has 1 aromatic rings. The van der Waals surface area contributed by atoms with Crippen LogP contribution in [0.3, 0.4) is 0 Å². The Hall–Kier alpha value is -1.46. The van der Waals surface area contributed by atoms with Gasteiger partial charge in [-0.15, -0.1) is 0 Å². The normalized spacial score (nSPS) is 23.1. The first-order valence-corrected chi connectivity index (χ1v) is 9.57. The van der Waals surface area contributed by atoms with Crippen molar-refractivity contribution < 1.29 is 26.3 Å². The molecular weight excluding hydrogens is 366 g/mol. The largest absolute Gasteiger partial charge is 0.416 e. The van der Waals surface area contributed by atoms with Gasteiger partial charge in [-0.3, -0.25) is 0 Å². The van der Waals surface area contributed by atoms with Crippen LogP contribution in [0.25, 0.3) is 0 Å². The van der Waals surface area contributed by atoms with E-state index in [-0.39, 0.29) is 17.5 Å². The Morgan fingerprint density at radius 3 is 1.89 bits per heavy atom. The van der Waals surface area contributed by atoms with Crippen LogP contribution in [0.1, 0.15) is 80.9 Å². The molecule has 0 spiro atoms. The Labute approximate surface area is 156 Å². The molecule has 0 aliphatic heterocycles. The van der Waals surface area contributed by atoms with Gasteiger partial charge in [-0.1, -0.05) is 38.3 Å². The number of hydrogen-bond acceptors (Lipinski definition) is 0. The van der Waals surface area contributed by atoms with Gasteiger partial charge >= 0.3 is 12.4 Å². The van der Waals surface area contributed by atoms with E-state index in [9.17, 15) is 26.3 Å². The fourth-order valence-electron chi connectivity index (χ4n) is 3.78. The smallest absolute Gasteiger partial charge is 0.166 e. The van der Waals surface area contributed by atoms with Gasteiger partial charge in [0.1, 0.15) is 0 Å². The molecule has 0 heterocycles. The Kier molecular flexibility index (Phi) is 7.40. The molecule has 1 aromatic carbocycles. The van der Waals surface area contributed by atoms with Crippen LogP contribution in [-0.2, 0) is 12.4 Å². The zero-order valence-corrected chi connectivity index (χ0v) is 15.5. The highest BCUT2D eigenvalue weighted by atomic mass is 19.4. The summed E-state index contributed by atoms with van der Waals surface area (Å²) in [7, 11) is 0. The lowest BCUT2D eigenvalue weighted by atomic mass is 9.87. The molecule has 1 aliphatic rings. The first kappa shape index (κ1) is 21.8. The standard InChI is InChI=1S/C21H26F6/c1-2-3-7-15-8-4-5-10-16(11-6-9-15)17-12-18(20(22,23)24)14-19(13-17)21(25,26)27/h3,7,12-16H,2,4-6,8-11H2,1H3/b7-3-. The fraction of sp³-hybridized carbons (Fsp3) is 0.619. The zero-order valence-electron chi connectivity index (χ0n) is 15.5. The average Bonchev–Trinajstić information content (AvgIpc) is 2.70. The Bertz CT molecular complexity index is 594. The molecule has 2 atom stereocenters. The van der Waals surface area contributed by atoms with Crippen molar-refractivity contribution in [1.82, 2.24) is 0 Å². The highest BCUT2D eigenvalue weighted by Crippen LogP contribution is 2.40. The van der Waals surface area contributed by atoms with Crippen LogP contribution < -0.4 is 0 Å². The second-order valence-corrected chi connectivity index (χ2v) is 7.35. The van der Waals surface area contributed by atoms with Crippen LogP contribution in [0.5, 0.6) is 0 Å². The summed E-state index contributed by atoms with van der Waals surface area (Å²) in [5, 5.41) is 0. The molecule has 27 heavy (non-hydrogen) atoms. The van der Waals surface area contributed by atoms with E-state index in [0.29, 0.717) is 18.8 Å². The minimum atomic E-state index is -4.79. The average molecular weight is 392 g/mol. The van der Waals surface area contributed by atoms with Gasteiger partial charge in [0.15, 0.2) is 0 Å². The van der Waals surface area contributed by atoms with Crippen LogP contribution in [0.4, 0.5) is 26.3 Å². The molecule has 152 valence electrons. The van der Waals surface area contributed by atoms with Crippen molar-refractivity contribution >= 4 is 0 Å². The summed E-state index contributed by atoms with van der Waals surface area (Å²) >= 11 is 0. The van der Waals surface area contributed by atoms with E-state index in [1.165, 1.54) is 0 Å². The molecule has 0 amide bonds. The maximum absolute atomic E-state index is 13.1. The summed E-state index contributed by atoms with van der Waals surface area (Å²) in [6.07, 6.45) is 1.49. The molecular formula is C21H26F6. The monoisotopic (exact) mass is 392 g/mol. The van der Waals surface area contributed by atoms with Gasteiger partial charge in [-0.05, 0) is 67.7 Å². The highest BCUT2D eigenvalue weighted by molar-refractivity contribution is 5.35. The molecule has 6 heteroatoms. The lowest BCUT2D eigenvalue weighted by molar-refractivity contribution is -0.143. The summed E-state index contributed by atoms with van der Waals surface area (Å²) in [4.78, 5) is 0. The summed E-state index contributed by atoms with van der Waals surface area (Å²) in [5.74, 6) is 0.193. The number of allylic oxidation sites excluding steroid dienone is 2. The predicted molar refractivity (Wildman–Crippen MR) is 94.4 cm³/mol. The van der Waals surface area contributed by atoms with E-state index < -0.39 is 23.5 Å². The van der Waals surface area contributed by atoms with Crippen molar-refractivity contribution in [1.29, 1.82) is 0 Å². The number of halogens is 6. The van der Waals surface area contributed by atoms with Gasteiger partial charge in [-0.2, -0.15) is 26.3 Å². The van der Waals surface area contributed by atoms with Crippen LogP contribution >= 0.6 is 0 Å². The van der Waals surface area contributed by atoms with Gasteiger partial charge in [0.2, 0.25) is 0 Å². The summed E-state index contributed by atoms with van der Waals surface area (Å²) < 4.78 is 78.6. The molecule has 0 bridgehead atoms. The highest BCUT2D eigenvalue weighted by Gasteiger charge is 2.37. The number of rotatable bonds is 3. The van der Waals surface area contributed by atoms with Gasteiger partial charge in [0.05, 0.1) is 11.1 Å². The quantitative estimate of drug-likeness (QED) is 0.360. The van der Waals surface area contributed by atoms with Crippen molar-refractivity contribution in [2.45, 2.75) is 76.6 Å². The maximum Gasteiger partial charge on any atom is 0.416 e. The van der Waals surface area contributed by atoms with Crippen LogP contribution in [0.15, 0.2) is 30.4 Å². The molecule has 2 unspecified atom stereocenters. The fourth-order valence-corrected chi connectivity index (χ4v) is 3.78. The Morgan fingerprint density at radius 2 is 1.33 bits per heavy atom. The van der Waals surface area contributed by atoms with Crippen molar-refractivity contribution in [2.75, 3.05) is 0 Å². The van der Waals surface area contributed by atoms with Crippen molar-refractivity contribution in [2.24, 2.45) is 5.92 Å². The molecule has 2 rings (SSSR count). The SMILES string of the molecule is CC/C=C\C1CCCCC(c2cc(C(F)(F)F)cc(C(F)(F)F)c2)CCC1. The topological polar surface area (TPSA) is 0 Å².